The maximum atomic E-state index is 12.9. The van der Waals surface area contributed by atoms with Crippen LogP contribution in [0.3, 0.4) is 0 Å². The number of guanidine groups is 1. The Balaban J connectivity index is 1.73. The number of nitrogens with one attached hydrogen (secondary N) is 1. The molecule has 2 unspecified atom stereocenters. The SMILES string of the molecule is CC(C)OCC(O)C[N+]1=C(N=Nc2c(O)[nH]c3ccccc23)N=C2C1C(=O)N(C)C(=O)N2C. The molecule has 3 N–H and O–H groups in total. The number of aromatic hydroxyl groups is 1. The third kappa shape index (κ3) is 4.10. The molecular formula is C21H26N7O5+. The Morgan fingerprint density at radius 3 is 2.67 bits per heavy atom. The number of azo groups is 1. The van der Waals surface area contributed by atoms with Crippen LogP contribution in [0, 0.1) is 0 Å². The van der Waals surface area contributed by atoms with Crippen molar-refractivity contribution >= 4 is 40.3 Å². The third-order valence-electron chi connectivity index (χ3n) is 5.44. The van der Waals surface area contributed by atoms with Crippen molar-refractivity contribution in [1.29, 1.82) is 0 Å². The molecule has 0 aliphatic carbocycles. The van der Waals surface area contributed by atoms with Crippen molar-refractivity contribution in [2.45, 2.75) is 32.1 Å². The van der Waals surface area contributed by atoms with Gasteiger partial charge in [0.15, 0.2) is 5.69 Å². The molecule has 1 aromatic carbocycles. The van der Waals surface area contributed by atoms with Gasteiger partial charge in [0, 0.05) is 24.6 Å². The number of aromatic amines is 1. The number of benzene rings is 1. The minimum absolute atomic E-state index is 0.0276. The maximum Gasteiger partial charge on any atom is 0.453 e. The highest BCUT2D eigenvalue weighted by molar-refractivity contribution is 6.22. The van der Waals surface area contributed by atoms with Crippen molar-refractivity contribution in [3.05, 3.63) is 24.3 Å². The molecule has 12 nitrogen and oxygen atoms in total. The molecule has 0 saturated carbocycles. The largest absolute Gasteiger partial charge is 0.493 e. The molecular weight excluding hydrogens is 430 g/mol. The number of para-hydroxylation sites is 1. The van der Waals surface area contributed by atoms with Crippen molar-refractivity contribution in [2.24, 2.45) is 15.2 Å². The lowest BCUT2D eigenvalue weighted by Crippen LogP contribution is -2.62. The van der Waals surface area contributed by atoms with Gasteiger partial charge in [-0.2, -0.15) is 0 Å². The molecule has 2 atom stereocenters. The number of amides is 3. The Kier molecular flexibility index (Phi) is 5.95. The number of hydrogen-bond donors (Lipinski definition) is 3. The maximum absolute atomic E-state index is 12.9. The fraction of sp³-hybridized carbons (Fsp3) is 0.429. The monoisotopic (exact) mass is 456 g/mol. The van der Waals surface area contributed by atoms with Crippen molar-refractivity contribution in [2.75, 3.05) is 27.2 Å². The van der Waals surface area contributed by atoms with Crippen molar-refractivity contribution < 1.29 is 29.1 Å². The van der Waals surface area contributed by atoms with Crippen molar-refractivity contribution in [3.63, 3.8) is 0 Å². The average molecular weight is 456 g/mol. The lowest BCUT2D eigenvalue weighted by Gasteiger charge is -2.32. The molecule has 4 rings (SSSR count). The first-order valence-corrected chi connectivity index (χ1v) is 10.5. The van der Waals surface area contributed by atoms with Crippen LogP contribution in [0.5, 0.6) is 5.88 Å². The van der Waals surface area contributed by atoms with E-state index in [0.29, 0.717) is 10.9 Å². The summed E-state index contributed by atoms with van der Waals surface area (Å²) >= 11 is 0. The van der Waals surface area contributed by atoms with Gasteiger partial charge < -0.3 is 19.9 Å². The van der Waals surface area contributed by atoms with Crippen LogP contribution in [0.1, 0.15) is 13.8 Å². The lowest BCUT2D eigenvalue weighted by molar-refractivity contribution is -0.545. The van der Waals surface area contributed by atoms with E-state index in [1.165, 1.54) is 23.6 Å². The topological polar surface area (TPSA) is 146 Å². The normalized spacial score (nSPS) is 19.9. The molecule has 2 aliphatic rings. The number of carbonyl (C=O) groups excluding carboxylic acids is 2. The standard InChI is InChI=1S/C21H25N7O5/c1-11(2)33-10-12(29)9-28-16-17(26(3)21(32)27(4)19(16)31)23-20(28)25-24-15-13-7-5-6-8-14(13)22-18(15)30/h5-8,11-12,16,29H,9-10H2,1-4H3,(H,22,24,30)/p+1. The van der Waals surface area contributed by atoms with Crippen molar-refractivity contribution in [3.8, 4) is 5.88 Å². The van der Waals surface area contributed by atoms with Crippen LogP contribution in [-0.2, 0) is 9.53 Å². The lowest BCUT2D eigenvalue weighted by atomic mass is 10.1. The van der Waals surface area contributed by atoms with E-state index in [2.05, 4.69) is 20.2 Å². The van der Waals surface area contributed by atoms with Gasteiger partial charge in [-0.3, -0.25) is 14.6 Å². The molecule has 12 heteroatoms. The van der Waals surface area contributed by atoms with E-state index in [1.807, 2.05) is 19.9 Å². The predicted octanol–water partition coefficient (Wildman–Crippen LogP) is 1.42. The number of imide groups is 1. The molecule has 3 amide bonds. The van der Waals surface area contributed by atoms with E-state index in [9.17, 15) is 19.8 Å². The summed E-state index contributed by atoms with van der Waals surface area (Å²) in [6, 6.07) is 5.72. The van der Waals surface area contributed by atoms with Gasteiger partial charge in [0.2, 0.25) is 17.8 Å². The number of aromatic nitrogens is 1. The van der Waals surface area contributed by atoms with Gasteiger partial charge in [-0.25, -0.2) is 9.37 Å². The van der Waals surface area contributed by atoms with Crippen LogP contribution in [0.25, 0.3) is 10.9 Å². The quantitative estimate of drug-likeness (QED) is 0.444. The number of rotatable bonds is 6. The fourth-order valence-corrected chi connectivity index (χ4v) is 3.74. The Labute approximate surface area is 189 Å². The number of carbonyl (C=O) groups is 2. The molecule has 3 heterocycles. The summed E-state index contributed by atoms with van der Waals surface area (Å²) in [7, 11) is 2.90. The summed E-state index contributed by atoms with van der Waals surface area (Å²) < 4.78 is 6.97. The van der Waals surface area contributed by atoms with Crippen LogP contribution in [0.2, 0.25) is 0 Å². The highest BCUT2D eigenvalue weighted by atomic mass is 16.5. The number of urea groups is 1. The zero-order valence-corrected chi connectivity index (χ0v) is 18.8. The summed E-state index contributed by atoms with van der Waals surface area (Å²) in [6.45, 7) is 3.72. The molecule has 33 heavy (non-hydrogen) atoms. The zero-order chi connectivity index (χ0) is 23.9. The Morgan fingerprint density at radius 2 is 1.94 bits per heavy atom. The smallest absolute Gasteiger partial charge is 0.453 e. The molecule has 2 aliphatic heterocycles. The Bertz CT molecular complexity index is 1200. The molecule has 1 aromatic heterocycles. The van der Waals surface area contributed by atoms with Crippen LogP contribution in [0.4, 0.5) is 10.5 Å². The molecule has 0 radical (unpaired) electrons. The number of β-amino-alcohol motifs (C(OH)–C–C–N with tert-alkyl or cyclic N) is 1. The number of likely N-dealkylation sites (N-methyl/N-ethyl adjacent to an activating group) is 2. The van der Waals surface area contributed by atoms with Gasteiger partial charge in [-0.1, -0.05) is 23.3 Å². The molecule has 0 spiro atoms. The highest BCUT2D eigenvalue weighted by Gasteiger charge is 2.52. The van der Waals surface area contributed by atoms with E-state index in [-0.39, 0.29) is 42.6 Å². The first kappa shape index (κ1) is 22.6. The minimum atomic E-state index is -0.949. The van der Waals surface area contributed by atoms with Gasteiger partial charge in [0.25, 0.3) is 5.91 Å². The van der Waals surface area contributed by atoms with Crippen LogP contribution >= 0.6 is 0 Å². The molecule has 1 saturated heterocycles. The van der Waals surface area contributed by atoms with Crippen LogP contribution < -0.4 is 0 Å². The summed E-state index contributed by atoms with van der Waals surface area (Å²) in [6.07, 6.45) is -1.03. The van der Waals surface area contributed by atoms with E-state index in [1.54, 1.807) is 18.2 Å². The van der Waals surface area contributed by atoms with Crippen molar-refractivity contribution in [1.82, 2.24) is 14.8 Å². The Hall–Kier alpha value is -3.64. The summed E-state index contributed by atoms with van der Waals surface area (Å²) in [5, 5.41) is 29.8. The number of aliphatic hydroxyl groups excluding tert-OH is 1. The number of ether oxygens (including phenoxy) is 1. The summed E-state index contributed by atoms with van der Waals surface area (Å²) in [5.41, 5.74) is 0.894. The van der Waals surface area contributed by atoms with Gasteiger partial charge in [0.1, 0.15) is 6.10 Å². The second-order valence-electron chi connectivity index (χ2n) is 8.17. The van der Waals surface area contributed by atoms with E-state index >= 15 is 0 Å². The number of H-pyrrole nitrogens is 1. The second-order valence-corrected chi connectivity index (χ2v) is 8.17. The predicted molar refractivity (Wildman–Crippen MR) is 119 cm³/mol. The fourth-order valence-electron chi connectivity index (χ4n) is 3.74. The van der Waals surface area contributed by atoms with E-state index in [4.69, 9.17) is 4.74 Å². The first-order chi connectivity index (χ1) is 15.7. The highest BCUT2D eigenvalue weighted by Crippen LogP contribution is 2.35. The third-order valence-corrected chi connectivity index (χ3v) is 5.44. The summed E-state index contributed by atoms with van der Waals surface area (Å²) in [4.78, 5) is 34.8. The number of hydrogen-bond acceptors (Lipinski definition) is 8. The van der Waals surface area contributed by atoms with Crippen LogP contribution in [-0.4, -0.2) is 98.8 Å². The van der Waals surface area contributed by atoms with E-state index in [0.717, 1.165) is 4.90 Å². The molecule has 0 bridgehead atoms. The Morgan fingerprint density at radius 1 is 1.21 bits per heavy atom. The zero-order valence-electron chi connectivity index (χ0n) is 18.8. The first-order valence-electron chi connectivity index (χ1n) is 10.5. The number of fused-ring (bicyclic) bond motifs is 2. The van der Waals surface area contributed by atoms with Gasteiger partial charge in [-0.05, 0) is 24.9 Å². The van der Waals surface area contributed by atoms with Gasteiger partial charge in [0.05, 0.1) is 24.8 Å². The van der Waals surface area contributed by atoms with Gasteiger partial charge in [-0.15, -0.1) is 0 Å². The van der Waals surface area contributed by atoms with E-state index < -0.39 is 24.1 Å². The number of aliphatic imine (C=N–C) groups is 1. The van der Waals surface area contributed by atoms with Crippen LogP contribution in [0.15, 0.2) is 39.5 Å². The molecule has 1 fully saturated rings. The number of nitrogens with zero attached hydrogens (tertiary/aromatic N) is 6. The molecule has 2 aromatic rings. The minimum Gasteiger partial charge on any atom is -0.493 e. The number of amidine groups is 1. The second kappa shape index (κ2) is 8.71. The summed E-state index contributed by atoms with van der Waals surface area (Å²) in [5.74, 6) is -0.429. The van der Waals surface area contributed by atoms with Gasteiger partial charge >= 0.3 is 12.0 Å². The molecule has 174 valence electrons. The number of aliphatic hydroxyl groups is 1. The average Bonchev–Trinajstić information content (AvgIpc) is 3.30.